The summed E-state index contributed by atoms with van der Waals surface area (Å²) in [4.78, 5) is 20.0. The molecule has 1 aromatic heterocycles. The molecule has 0 atom stereocenters. The molecule has 0 aliphatic carbocycles. The van der Waals surface area contributed by atoms with E-state index in [9.17, 15) is 4.79 Å². The lowest BCUT2D eigenvalue weighted by atomic mass is 10.2. The smallest absolute Gasteiger partial charge is 0.337 e. The molecule has 0 fully saturated rings. The molecular formula is C18H14Cl2N4O2. The highest BCUT2D eigenvalue weighted by Crippen LogP contribution is 2.27. The summed E-state index contributed by atoms with van der Waals surface area (Å²) in [6, 6.07) is 13.8. The van der Waals surface area contributed by atoms with Crippen LogP contribution in [0.2, 0.25) is 10.0 Å². The Morgan fingerprint density at radius 3 is 2.50 bits per heavy atom. The van der Waals surface area contributed by atoms with Crippen molar-refractivity contribution >= 4 is 52.2 Å². The molecule has 3 rings (SSSR count). The number of carbonyl (C=O) groups is 1. The monoisotopic (exact) mass is 388 g/mol. The molecule has 26 heavy (non-hydrogen) atoms. The Kier molecular flexibility index (Phi) is 5.55. The highest BCUT2D eigenvalue weighted by molar-refractivity contribution is 6.33. The SMILES string of the molecule is COC(=O)c1ccc(Cl)c(Nc2cc(Nc3cccc(Cl)c3)ncn2)c1. The number of carbonyl (C=O) groups excluding carboxylic acids is 1. The van der Waals surface area contributed by atoms with Crippen molar-refractivity contribution in [2.75, 3.05) is 17.7 Å². The van der Waals surface area contributed by atoms with Crippen LogP contribution in [-0.2, 0) is 4.74 Å². The average molecular weight is 389 g/mol. The van der Waals surface area contributed by atoms with Gasteiger partial charge < -0.3 is 15.4 Å². The van der Waals surface area contributed by atoms with Crippen molar-refractivity contribution in [1.29, 1.82) is 0 Å². The first-order valence-corrected chi connectivity index (χ1v) is 8.30. The third-order valence-electron chi connectivity index (χ3n) is 3.41. The van der Waals surface area contributed by atoms with E-state index in [2.05, 4.69) is 20.6 Å². The van der Waals surface area contributed by atoms with Gasteiger partial charge in [0, 0.05) is 16.8 Å². The Balaban J connectivity index is 1.82. The number of anilines is 4. The van der Waals surface area contributed by atoms with Crippen LogP contribution in [0.15, 0.2) is 54.9 Å². The maximum Gasteiger partial charge on any atom is 0.337 e. The van der Waals surface area contributed by atoms with Crippen molar-refractivity contribution < 1.29 is 9.53 Å². The fourth-order valence-electron chi connectivity index (χ4n) is 2.21. The van der Waals surface area contributed by atoms with Gasteiger partial charge in [0.25, 0.3) is 0 Å². The third kappa shape index (κ3) is 4.41. The Morgan fingerprint density at radius 2 is 1.77 bits per heavy atom. The van der Waals surface area contributed by atoms with Crippen molar-refractivity contribution in [3.8, 4) is 0 Å². The zero-order chi connectivity index (χ0) is 18.5. The molecule has 8 heteroatoms. The fraction of sp³-hybridized carbons (Fsp3) is 0.0556. The summed E-state index contributed by atoms with van der Waals surface area (Å²) in [5, 5.41) is 7.28. The van der Waals surface area contributed by atoms with Gasteiger partial charge in [-0.25, -0.2) is 14.8 Å². The van der Waals surface area contributed by atoms with Gasteiger partial charge in [0.1, 0.15) is 18.0 Å². The van der Waals surface area contributed by atoms with Crippen LogP contribution >= 0.6 is 23.2 Å². The minimum Gasteiger partial charge on any atom is -0.465 e. The van der Waals surface area contributed by atoms with Gasteiger partial charge in [0.15, 0.2) is 0 Å². The van der Waals surface area contributed by atoms with E-state index in [4.69, 9.17) is 27.9 Å². The second kappa shape index (κ2) is 8.03. The molecule has 2 aromatic carbocycles. The molecule has 1 heterocycles. The normalized spacial score (nSPS) is 10.3. The maximum absolute atomic E-state index is 11.7. The second-order valence-electron chi connectivity index (χ2n) is 5.24. The van der Waals surface area contributed by atoms with E-state index < -0.39 is 5.97 Å². The predicted octanol–water partition coefficient (Wildman–Crippen LogP) is 5.06. The molecule has 6 nitrogen and oxygen atoms in total. The van der Waals surface area contributed by atoms with Crippen LogP contribution in [0.4, 0.5) is 23.0 Å². The van der Waals surface area contributed by atoms with Crippen LogP contribution in [0, 0.1) is 0 Å². The van der Waals surface area contributed by atoms with E-state index in [1.54, 1.807) is 36.4 Å². The fourth-order valence-corrected chi connectivity index (χ4v) is 2.57. The molecule has 0 saturated heterocycles. The number of benzene rings is 2. The number of esters is 1. The number of hydrogen-bond donors (Lipinski definition) is 2. The van der Waals surface area contributed by atoms with E-state index >= 15 is 0 Å². The summed E-state index contributed by atoms with van der Waals surface area (Å²) in [7, 11) is 1.32. The van der Waals surface area contributed by atoms with Crippen molar-refractivity contribution in [2.45, 2.75) is 0 Å². The number of aromatic nitrogens is 2. The quantitative estimate of drug-likeness (QED) is 0.595. The lowest BCUT2D eigenvalue weighted by Crippen LogP contribution is -2.03. The van der Waals surface area contributed by atoms with Gasteiger partial charge in [-0.15, -0.1) is 0 Å². The average Bonchev–Trinajstić information content (AvgIpc) is 2.63. The first-order valence-electron chi connectivity index (χ1n) is 7.54. The van der Waals surface area contributed by atoms with Crippen LogP contribution in [-0.4, -0.2) is 23.0 Å². The van der Waals surface area contributed by atoms with Crippen LogP contribution in [0.1, 0.15) is 10.4 Å². The number of nitrogens with zero attached hydrogens (tertiary/aromatic N) is 2. The molecule has 0 unspecified atom stereocenters. The Hall–Kier alpha value is -2.83. The second-order valence-corrected chi connectivity index (χ2v) is 6.08. The molecule has 0 amide bonds. The summed E-state index contributed by atoms with van der Waals surface area (Å²) < 4.78 is 4.72. The third-order valence-corrected chi connectivity index (χ3v) is 3.98. The first-order chi connectivity index (χ1) is 12.5. The van der Waals surface area contributed by atoms with Crippen molar-refractivity contribution in [2.24, 2.45) is 0 Å². The number of nitrogens with one attached hydrogen (secondary N) is 2. The van der Waals surface area contributed by atoms with Gasteiger partial charge in [-0.3, -0.25) is 0 Å². The Labute approximate surface area is 160 Å². The number of rotatable bonds is 5. The summed E-state index contributed by atoms with van der Waals surface area (Å²) in [6.07, 6.45) is 1.41. The number of methoxy groups -OCH3 is 1. The van der Waals surface area contributed by atoms with Gasteiger partial charge in [0.05, 0.1) is 23.4 Å². The summed E-state index contributed by atoms with van der Waals surface area (Å²) >= 11 is 12.2. The minimum absolute atomic E-state index is 0.380. The van der Waals surface area contributed by atoms with Crippen molar-refractivity contribution in [3.05, 3.63) is 70.5 Å². The van der Waals surface area contributed by atoms with Crippen LogP contribution in [0.3, 0.4) is 0 Å². The zero-order valence-electron chi connectivity index (χ0n) is 13.7. The molecule has 0 radical (unpaired) electrons. The largest absolute Gasteiger partial charge is 0.465 e. The zero-order valence-corrected chi connectivity index (χ0v) is 15.2. The molecule has 0 bridgehead atoms. The van der Waals surface area contributed by atoms with Gasteiger partial charge in [-0.05, 0) is 36.4 Å². The summed E-state index contributed by atoms with van der Waals surface area (Å²) in [5.74, 6) is 0.633. The number of ether oxygens (including phenoxy) is 1. The lowest BCUT2D eigenvalue weighted by Gasteiger charge is -2.11. The molecule has 3 aromatic rings. The highest BCUT2D eigenvalue weighted by Gasteiger charge is 2.10. The Morgan fingerprint density at radius 1 is 1.00 bits per heavy atom. The molecule has 0 aliphatic rings. The molecule has 132 valence electrons. The van der Waals surface area contributed by atoms with Crippen molar-refractivity contribution in [1.82, 2.24) is 9.97 Å². The van der Waals surface area contributed by atoms with E-state index in [-0.39, 0.29) is 0 Å². The van der Waals surface area contributed by atoms with Gasteiger partial charge >= 0.3 is 5.97 Å². The lowest BCUT2D eigenvalue weighted by molar-refractivity contribution is 0.0601. The summed E-state index contributed by atoms with van der Waals surface area (Å²) in [5.41, 5.74) is 1.71. The topological polar surface area (TPSA) is 76.1 Å². The van der Waals surface area contributed by atoms with E-state index in [1.807, 2.05) is 12.1 Å². The highest BCUT2D eigenvalue weighted by atomic mass is 35.5. The molecule has 0 aliphatic heterocycles. The first kappa shape index (κ1) is 18.0. The molecule has 0 saturated carbocycles. The van der Waals surface area contributed by atoms with E-state index in [0.29, 0.717) is 32.9 Å². The molecular weight excluding hydrogens is 375 g/mol. The number of halogens is 2. The van der Waals surface area contributed by atoms with Crippen LogP contribution in [0.5, 0.6) is 0 Å². The van der Waals surface area contributed by atoms with Crippen LogP contribution < -0.4 is 10.6 Å². The molecule has 0 spiro atoms. The Bertz CT molecular complexity index is 950. The predicted molar refractivity (Wildman–Crippen MR) is 103 cm³/mol. The van der Waals surface area contributed by atoms with E-state index in [0.717, 1.165) is 5.69 Å². The maximum atomic E-state index is 11.7. The minimum atomic E-state index is -0.448. The van der Waals surface area contributed by atoms with Crippen molar-refractivity contribution in [3.63, 3.8) is 0 Å². The molecule has 2 N–H and O–H groups in total. The van der Waals surface area contributed by atoms with Crippen LogP contribution in [0.25, 0.3) is 0 Å². The van der Waals surface area contributed by atoms with Gasteiger partial charge in [-0.1, -0.05) is 29.3 Å². The summed E-state index contributed by atoms with van der Waals surface area (Å²) in [6.45, 7) is 0. The standard InChI is InChI=1S/C18H14Cl2N4O2/c1-26-18(25)11-5-6-14(20)15(7-11)24-17-9-16(21-10-22-17)23-13-4-2-3-12(19)8-13/h2-10H,1H3,(H2,21,22,23,24). The van der Waals surface area contributed by atoms with Gasteiger partial charge in [-0.2, -0.15) is 0 Å². The van der Waals surface area contributed by atoms with Gasteiger partial charge in [0.2, 0.25) is 0 Å². The van der Waals surface area contributed by atoms with E-state index in [1.165, 1.54) is 13.4 Å². The number of hydrogen-bond acceptors (Lipinski definition) is 6.